The average molecular weight is 290 g/mol. The molecule has 1 aliphatic rings. The summed E-state index contributed by atoms with van der Waals surface area (Å²) in [7, 11) is 0. The van der Waals surface area contributed by atoms with Crippen LogP contribution >= 0.6 is 11.8 Å². The minimum absolute atomic E-state index is 0.100. The molecule has 0 saturated heterocycles. The van der Waals surface area contributed by atoms with Crippen molar-refractivity contribution in [1.29, 1.82) is 5.26 Å². The summed E-state index contributed by atoms with van der Waals surface area (Å²) in [6, 6.07) is 7.95. The van der Waals surface area contributed by atoms with E-state index in [1.165, 1.54) is 0 Å². The van der Waals surface area contributed by atoms with E-state index in [1.54, 1.807) is 11.8 Å². The van der Waals surface area contributed by atoms with Crippen LogP contribution in [0.15, 0.2) is 23.1 Å². The molecule has 0 aromatic heterocycles. The van der Waals surface area contributed by atoms with Crippen molar-refractivity contribution in [2.75, 3.05) is 11.1 Å². The van der Waals surface area contributed by atoms with Crippen LogP contribution in [0.25, 0.3) is 0 Å². The van der Waals surface area contributed by atoms with Crippen molar-refractivity contribution in [2.24, 2.45) is 0 Å². The molecule has 1 saturated carbocycles. The topological polar surface area (TPSA) is 73.1 Å². The maximum atomic E-state index is 11.0. The van der Waals surface area contributed by atoms with Gasteiger partial charge in [-0.1, -0.05) is 13.0 Å². The molecule has 0 spiro atoms. The van der Waals surface area contributed by atoms with E-state index in [4.69, 9.17) is 5.11 Å². The van der Waals surface area contributed by atoms with Gasteiger partial charge in [0.05, 0.1) is 17.7 Å². The van der Waals surface area contributed by atoms with Gasteiger partial charge in [0.1, 0.15) is 6.07 Å². The standard InChI is InChI=1S/C15H18N2O2S/c1-2-20-13-6-3-5-12(11(13)10-16)17-15(7-4-8-15)9-14(18)19/h3,5-6,17H,2,4,7-9H2,1H3,(H,18,19). The smallest absolute Gasteiger partial charge is 0.305 e. The van der Waals surface area contributed by atoms with E-state index < -0.39 is 5.97 Å². The number of nitrogens with one attached hydrogen (secondary N) is 1. The van der Waals surface area contributed by atoms with Gasteiger partial charge in [0.25, 0.3) is 0 Å². The third kappa shape index (κ3) is 3.07. The lowest BCUT2D eigenvalue weighted by Gasteiger charge is -2.42. The van der Waals surface area contributed by atoms with E-state index >= 15 is 0 Å². The van der Waals surface area contributed by atoms with E-state index in [0.717, 1.165) is 35.6 Å². The molecule has 0 heterocycles. The second-order valence-electron chi connectivity index (χ2n) is 5.05. The van der Waals surface area contributed by atoms with E-state index in [-0.39, 0.29) is 12.0 Å². The fourth-order valence-corrected chi connectivity index (χ4v) is 3.34. The lowest BCUT2D eigenvalue weighted by Crippen LogP contribution is -2.46. The molecule has 1 aromatic carbocycles. The fourth-order valence-electron chi connectivity index (χ4n) is 2.55. The predicted octanol–water partition coefficient (Wildman–Crippen LogP) is 3.48. The van der Waals surface area contributed by atoms with Gasteiger partial charge in [0.15, 0.2) is 0 Å². The Labute approximate surface area is 123 Å². The molecule has 0 radical (unpaired) electrons. The number of aliphatic carboxylic acids is 1. The number of carbonyl (C=O) groups is 1. The number of benzene rings is 1. The van der Waals surface area contributed by atoms with Crippen molar-refractivity contribution < 1.29 is 9.90 Å². The molecule has 0 amide bonds. The van der Waals surface area contributed by atoms with Gasteiger partial charge in [0.2, 0.25) is 0 Å². The number of hydrogen-bond donors (Lipinski definition) is 2. The molecule has 4 nitrogen and oxygen atoms in total. The largest absolute Gasteiger partial charge is 0.481 e. The minimum atomic E-state index is -0.796. The van der Waals surface area contributed by atoms with Gasteiger partial charge in [-0.2, -0.15) is 5.26 Å². The average Bonchev–Trinajstić information content (AvgIpc) is 2.36. The highest BCUT2D eigenvalue weighted by molar-refractivity contribution is 7.99. The number of carboxylic acids is 1. The van der Waals surface area contributed by atoms with Crippen LogP contribution < -0.4 is 5.32 Å². The SMILES string of the molecule is CCSc1cccc(NC2(CC(=O)O)CCC2)c1C#N. The molecule has 1 aliphatic carbocycles. The van der Waals surface area contributed by atoms with Crippen LogP contribution in [0.3, 0.4) is 0 Å². The summed E-state index contributed by atoms with van der Waals surface area (Å²) in [5.41, 5.74) is 0.996. The Balaban J connectivity index is 2.26. The third-order valence-electron chi connectivity index (χ3n) is 3.64. The molecule has 0 bridgehead atoms. The first-order valence-electron chi connectivity index (χ1n) is 6.76. The van der Waals surface area contributed by atoms with Crippen LogP contribution in [-0.4, -0.2) is 22.4 Å². The summed E-state index contributed by atoms with van der Waals surface area (Å²) in [6.07, 6.45) is 2.82. The van der Waals surface area contributed by atoms with Crippen molar-refractivity contribution in [3.05, 3.63) is 23.8 Å². The first-order chi connectivity index (χ1) is 9.60. The maximum absolute atomic E-state index is 11.0. The quantitative estimate of drug-likeness (QED) is 0.785. The maximum Gasteiger partial charge on any atom is 0.305 e. The number of anilines is 1. The van der Waals surface area contributed by atoms with Crippen LogP contribution in [0.2, 0.25) is 0 Å². The molecule has 2 N–H and O–H groups in total. The summed E-state index contributed by atoms with van der Waals surface area (Å²) >= 11 is 1.63. The first-order valence-corrected chi connectivity index (χ1v) is 7.75. The van der Waals surface area contributed by atoms with E-state index in [9.17, 15) is 10.1 Å². The van der Waals surface area contributed by atoms with Crippen LogP contribution in [0.4, 0.5) is 5.69 Å². The van der Waals surface area contributed by atoms with Crippen molar-refractivity contribution >= 4 is 23.4 Å². The summed E-state index contributed by atoms with van der Waals surface area (Å²) in [4.78, 5) is 12.0. The number of carboxylic acid groups (broad SMARTS) is 1. The van der Waals surface area contributed by atoms with Gasteiger partial charge in [-0.25, -0.2) is 0 Å². The predicted molar refractivity (Wildman–Crippen MR) is 80.0 cm³/mol. The number of thioether (sulfide) groups is 1. The Morgan fingerprint density at radius 1 is 1.55 bits per heavy atom. The summed E-state index contributed by atoms with van der Waals surface area (Å²) in [5, 5.41) is 21.7. The summed E-state index contributed by atoms with van der Waals surface area (Å²) in [5.74, 6) is 0.105. The van der Waals surface area contributed by atoms with Crippen LogP contribution in [-0.2, 0) is 4.79 Å². The van der Waals surface area contributed by atoms with Gasteiger partial charge in [-0.15, -0.1) is 11.8 Å². The molecule has 106 valence electrons. The molecule has 1 aromatic rings. The second kappa shape index (κ2) is 6.19. The highest BCUT2D eigenvalue weighted by atomic mass is 32.2. The molecule has 0 atom stereocenters. The number of nitriles is 1. The second-order valence-corrected chi connectivity index (χ2v) is 6.36. The normalized spacial score (nSPS) is 16.0. The van der Waals surface area contributed by atoms with E-state index in [2.05, 4.69) is 11.4 Å². The van der Waals surface area contributed by atoms with Gasteiger partial charge in [-0.05, 0) is 37.1 Å². The highest BCUT2D eigenvalue weighted by Crippen LogP contribution is 2.40. The van der Waals surface area contributed by atoms with Gasteiger partial charge >= 0.3 is 5.97 Å². The summed E-state index contributed by atoms with van der Waals surface area (Å²) < 4.78 is 0. The van der Waals surface area contributed by atoms with Crippen molar-refractivity contribution in [1.82, 2.24) is 0 Å². The lowest BCUT2D eigenvalue weighted by atomic mass is 9.74. The molecule has 20 heavy (non-hydrogen) atoms. The molecular weight excluding hydrogens is 272 g/mol. The zero-order chi connectivity index (χ0) is 14.6. The Morgan fingerprint density at radius 3 is 2.80 bits per heavy atom. The molecular formula is C15H18N2O2S. The molecule has 2 rings (SSSR count). The zero-order valence-electron chi connectivity index (χ0n) is 11.5. The molecule has 5 heteroatoms. The molecule has 0 aliphatic heterocycles. The van der Waals surface area contributed by atoms with Crippen molar-refractivity contribution in [2.45, 2.75) is 43.0 Å². The Hall–Kier alpha value is -1.67. The lowest BCUT2D eigenvalue weighted by molar-refractivity contribution is -0.138. The number of hydrogen-bond acceptors (Lipinski definition) is 4. The number of rotatable bonds is 6. The van der Waals surface area contributed by atoms with Crippen LogP contribution in [0.5, 0.6) is 0 Å². The van der Waals surface area contributed by atoms with Gasteiger partial charge in [0, 0.05) is 10.4 Å². The van der Waals surface area contributed by atoms with E-state index in [1.807, 2.05) is 25.1 Å². The third-order valence-corrected chi connectivity index (χ3v) is 4.58. The van der Waals surface area contributed by atoms with Crippen molar-refractivity contribution in [3.63, 3.8) is 0 Å². The van der Waals surface area contributed by atoms with Crippen LogP contribution in [0, 0.1) is 11.3 Å². The minimum Gasteiger partial charge on any atom is -0.481 e. The first kappa shape index (κ1) is 14.7. The Kier molecular flexibility index (Phi) is 4.56. The van der Waals surface area contributed by atoms with Crippen molar-refractivity contribution in [3.8, 4) is 6.07 Å². The monoisotopic (exact) mass is 290 g/mol. The molecule has 0 unspecified atom stereocenters. The summed E-state index contributed by atoms with van der Waals surface area (Å²) in [6.45, 7) is 2.05. The highest BCUT2D eigenvalue weighted by Gasteiger charge is 2.39. The molecule has 1 fully saturated rings. The van der Waals surface area contributed by atoms with E-state index in [0.29, 0.717) is 5.56 Å². The fraction of sp³-hybridized carbons (Fsp3) is 0.467. The Morgan fingerprint density at radius 2 is 2.30 bits per heavy atom. The van der Waals surface area contributed by atoms with Crippen LogP contribution in [0.1, 0.15) is 38.2 Å². The zero-order valence-corrected chi connectivity index (χ0v) is 12.3. The van der Waals surface area contributed by atoms with Gasteiger partial charge < -0.3 is 10.4 Å². The number of nitrogens with zero attached hydrogens (tertiary/aromatic N) is 1. The Bertz CT molecular complexity index is 547. The van der Waals surface area contributed by atoms with Gasteiger partial charge in [-0.3, -0.25) is 4.79 Å².